The second-order valence-corrected chi connectivity index (χ2v) is 7.97. The predicted molar refractivity (Wildman–Crippen MR) is 127 cm³/mol. The van der Waals surface area contributed by atoms with Crippen LogP contribution in [0.1, 0.15) is 95.5 Å². The van der Waals surface area contributed by atoms with Gasteiger partial charge in [-0.15, -0.1) is 0 Å². The SMILES string of the molecule is CCCCC/C=C\C/C=C\CCCCCCCC(=O)OCC(C(=O)O)c1ccccc1. The van der Waals surface area contributed by atoms with E-state index < -0.39 is 11.9 Å². The summed E-state index contributed by atoms with van der Waals surface area (Å²) in [5, 5.41) is 9.36. The summed E-state index contributed by atoms with van der Waals surface area (Å²) in [4.78, 5) is 23.3. The molecule has 0 amide bonds. The molecule has 0 aliphatic heterocycles. The summed E-state index contributed by atoms with van der Waals surface area (Å²) in [6.07, 6.45) is 21.9. The van der Waals surface area contributed by atoms with Crippen molar-refractivity contribution in [3.8, 4) is 0 Å². The Balaban J connectivity index is 2.01. The first-order valence-electron chi connectivity index (χ1n) is 11.9. The number of carboxylic acid groups (broad SMARTS) is 1. The van der Waals surface area contributed by atoms with E-state index in [1.165, 1.54) is 38.5 Å². The fourth-order valence-corrected chi connectivity index (χ4v) is 3.32. The molecule has 1 aromatic carbocycles. The van der Waals surface area contributed by atoms with E-state index in [1.54, 1.807) is 24.3 Å². The van der Waals surface area contributed by atoms with Crippen LogP contribution in [0.4, 0.5) is 0 Å². The highest BCUT2D eigenvalue weighted by atomic mass is 16.5. The molecule has 0 heterocycles. The maximum absolute atomic E-state index is 11.9. The molecule has 1 atom stereocenters. The van der Waals surface area contributed by atoms with Crippen LogP contribution in [0.5, 0.6) is 0 Å². The van der Waals surface area contributed by atoms with Crippen LogP contribution < -0.4 is 0 Å². The van der Waals surface area contributed by atoms with Gasteiger partial charge in [-0.3, -0.25) is 9.59 Å². The lowest BCUT2D eigenvalue weighted by molar-refractivity contribution is -0.148. The highest BCUT2D eigenvalue weighted by Gasteiger charge is 2.21. The number of unbranched alkanes of at least 4 members (excludes halogenated alkanes) is 8. The molecule has 0 aliphatic rings. The minimum Gasteiger partial charge on any atom is -0.481 e. The third-order valence-corrected chi connectivity index (χ3v) is 5.24. The van der Waals surface area contributed by atoms with Gasteiger partial charge < -0.3 is 9.84 Å². The van der Waals surface area contributed by atoms with Gasteiger partial charge in [0.25, 0.3) is 0 Å². The average molecular weight is 429 g/mol. The van der Waals surface area contributed by atoms with Crippen molar-refractivity contribution in [2.45, 2.75) is 89.9 Å². The average Bonchev–Trinajstić information content (AvgIpc) is 2.77. The molecule has 0 spiro atoms. The van der Waals surface area contributed by atoms with Crippen LogP contribution in [0, 0.1) is 0 Å². The van der Waals surface area contributed by atoms with Gasteiger partial charge in [0.15, 0.2) is 0 Å². The number of rotatable bonds is 18. The summed E-state index contributed by atoms with van der Waals surface area (Å²) in [5.74, 6) is -2.10. The Morgan fingerprint density at radius 2 is 1.48 bits per heavy atom. The first-order chi connectivity index (χ1) is 15.1. The first kappa shape index (κ1) is 26.7. The summed E-state index contributed by atoms with van der Waals surface area (Å²) < 4.78 is 5.20. The van der Waals surface area contributed by atoms with Crippen molar-refractivity contribution in [1.82, 2.24) is 0 Å². The number of ether oxygens (including phenoxy) is 1. The van der Waals surface area contributed by atoms with Crippen molar-refractivity contribution in [1.29, 1.82) is 0 Å². The van der Waals surface area contributed by atoms with Gasteiger partial charge >= 0.3 is 11.9 Å². The molecule has 172 valence electrons. The van der Waals surface area contributed by atoms with Crippen LogP contribution in [-0.2, 0) is 14.3 Å². The van der Waals surface area contributed by atoms with E-state index in [1.807, 2.05) is 6.07 Å². The van der Waals surface area contributed by atoms with Gasteiger partial charge in [0, 0.05) is 6.42 Å². The normalized spacial score (nSPS) is 12.4. The number of carbonyl (C=O) groups is 2. The summed E-state index contributed by atoms with van der Waals surface area (Å²) in [5.41, 5.74) is 0.653. The van der Waals surface area contributed by atoms with Gasteiger partial charge in [-0.2, -0.15) is 0 Å². The minimum atomic E-state index is -0.976. The lowest BCUT2D eigenvalue weighted by Gasteiger charge is -2.13. The molecule has 0 aromatic heterocycles. The van der Waals surface area contributed by atoms with E-state index in [9.17, 15) is 14.7 Å². The number of hydrogen-bond donors (Lipinski definition) is 1. The smallest absolute Gasteiger partial charge is 0.314 e. The molecule has 0 aliphatic carbocycles. The molecule has 1 N–H and O–H groups in total. The summed E-state index contributed by atoms with van der Waals surface area (Å²) in [6.45, 7) is 2.12. The topological polar surface area (TPSA) is 63.6 Å². The fourth-order valence-electron chi connectivity index (χ4n) is 3.32. The van der Waals surface area contributed by atoms with E-state index in [2.05, 4.69) is 31.2 Å². The van der Waals surface area contributed by atoms with E-state index >= 15 is 0 Å². The largest absolute Gasteiger partial charge is 0.481 e. The standard InChI is InChI=1S/C27H40O4/c1-2-3-4-5-6-7-8-9-10-11-12-13-14-15-19-22-26(28)31-23-25(27(29)30)24-20-17-16-18-21-24/h6-7,9-10,16-18,20-21,25H,2-5,8,11-15,19,22-23H2,1H3,(H,29,30)/b7-6-,10-9-. The molecular weight excluding hydrogens is 388 g/mol. The predicted octanol–water partition coefficient (Wildman–Crippen LogP) is 7.21. The number of esters is 1. The third-order valence-electron chi connectivity index (χ3n) is 5.24. The lowest BCUT2D eigenvalue weighted by Crippen LogP contribution is -2.20. The van der Waals surface area contributed by atoms with Gasteiger partial charge in [0.05, 0.1) is 0 Å². The number of carboxylic acids is 1. The number of benzene rings is 1. The van der Waals surface area contributed by atoms with Crippen molar-refractivity contribution >= 4 is 11.9 Å². The van der Waals surface area contributed by atoms with Gasteiger partial charge in [0.2, 0.25) is 0 Å². The zero-order chi connectivity index (χ0) is 22.6. The van der Waals surface area contributed by atoms with Crippen LogP contribution in [0.15, 0.2) is 54.6 Å². The lowest BCUT2D eigenvalue weighted by atomic mass is 10.0. The zero-order valence-corrected chi connectivity index (χ0v) is 19.1. The van der Waals surface area contributed by atoms with Crippen LogP contribution in [0.3, 0.4) is 0 Å². The Labute approximate surface area is 188 Å². The Bertz CT molecular complexity index is 648. The van der Waals surface area contributed by atoms with E-state index in [-0.39, 0.29) is 12.6 Å². The highest BCUT2D eigenvalue weighted by Crippen LogP contribution is 2.17. The zero-order valence-electron chi connectivity index (χ0n) is 19.1. The van der Waals surface area contributed by atoms with Crippen molar-refractivity contribution in [3.63, 3.8) is 0 Å². The minimum absolute atomic E-state index is 0.113. The monoisotopic (exact) mass is 428 g/mol. The Morgan fingerprint density at radius 3 is 2.13 bits per heavy atom. The molecular formula is C27H40O4. The molecule has 4 heteroatoms. The second kappa shape index (κ2) is 18.4. The maximum Gasteiger partial charge on any atom is 0.314 e. The maximum atomic E-state index is 11.9. The Hall–Kier alpha value is -2.36. The molecule has 0 saturated carbocycles. The number of carbonyl (C=O) groups excluding carboxylic acids is 1. The molecule has 1 unspecified atom stereocenters. The van der Waals surface area contributed by atoms with E-state index in [0.717, 1.165) is 32.1 Å². The molecule has 1 aromatic rings. The molecule has 0 bridgehead atoms. The summed E-state index contributed by atoms with van der Waals surface area (Å²) >= 11 is 0. The summed E-state index contributed by atoms with van der Waals surface area (Å²) in [7, 11) is 0. The van der Waals surface area contributed by atoms with Crippen molar-refractivity contribution in [2.75, 3.05) is 6.61 Å². The molecule has 4 nitrogen and oxygen atoms in total. The van der Waals surface area contributed by atoms with Gasteiger partial charge in [0.1, 0.15) is 12.5 Å². The second-order valence-electron chi connectivity index (χ2n) is 7.97. The fraction of sp³-hybridized carbons (Fsp3) is 0.556. The third kappa shape index (κ3) is 14.3. The molecule has 0 radical (unpaired) electrons. The molecule has 0 fully saturated rings. The van der Waals surface area contributed by atoms with Crippen LogP contribution in [-0.4, -0.2) is 23.7 Å². The number of allylic oxidation sites excluding steroid dienone is 4. The van der Waals surface area contributed by atoms with E-state index in [4.69, 9.17) is 4.74 Å². The van der Waals surface area contributed by atoms with Gasteiger partial charge in [-0.05, 0) is 44.1 Å². The van der Waals surface area contributed by atoms with Crippen molar-refractivity contribution in [2.24, 2.45) is 0 Å². The van der Waals surface area contributed by atoms with Gasteiger partial charge in [-0.1, -0.05) is 93.7 Å². The number of hydrogen-bond acceptors (Lipinski definition) is 3. The highest BCUT2D eigenvalue weighted by molar-refractivity contribution is 5.77. The van der Waals surface area contributed by atoms with E-state index in [0.29, 0.717) is 12.0 Å². The van der Waals surface area contributed by atoms with Gasteiger partial charge in [-0.25, -0.2) is 0 Å². The molecule has 1 rings (SSSR count). The Kier molecular flexibility index (Phi) is 15.8. The van der Waals surface area contributed by atoms with Crippen molar-refractivity contribution in [3.05, 3.63) is 60.2 Å². The van der Waals surface area contributed by atoms with Crippen molar-refractivity contribution < 1.29 is 19.4 Å². The van der Waals surface area contributed by atoms with Crippen LogP contribution in [0.25, 0.3) is 0 Å². The summed E-state index contributed by atoms with van der Waals surface area (Å²) in [6, 6.07) is 8.89. The molecule has 0 saturated heterocycles. The quantitative estimate of drug-likeness (QED) is 0.152. The van der Waals surface area contributed by atoms with Crippen LogP contribution in [0.2, 0.25) is 0 Å². The number of aliphatic carboxylic acids is 1. The molecule has 31 heavy (non-hydrogen) atoms. The first-order valence-corrected chi connectivity index (χ1v) is 11.9. The Morgan fingerprint density at radius 1 is 0.871 bits per heavy atom. The van der Waals surface area contributed by atoms with Crippen LogP contribution >= 0.6 is 0 Å².